The van der Waals surface area contributed by atoms with Gasteiger partial charge in [0, 0.05) is 43.3 Å². The second kappa shape index (κ2) is 6.41. The Labute approximate surface area is 126 Å². The van der Waals surface area contributed by atoms with Gasteiger partial charge in [-0.05, 0) is 45.7 Å². The summed E-state index contributed by atoms with van der Waals surface area (Å²) in [6.45, 7) is 11.3. The summed E-state index contributed by atoms with van der Waals surface area (Å²) in [5.41, 5.74) is 0. The van der Waals surface area contributed by atoms with E-state index in [2.05, 4.69) is 33.9 Å². The molecule has 1 aromatic rings. The lowest BCUT2D eigenvalue weighted by atomic mass is 9.84. The molecule has 20 heavy (non-hydrogen) atoms. The smallest absolute Gasteiger partial charge is 0.185 e. The van der Waals surface area contributed by atoms with Crippen LogP contribution >= 0.6 is 11.3 Å². The van der Waals surface area contributed by atoms with Crippen LogP contribution in [-0.4, -0.2) is 48.6 Å². The Morgan fingerprint density at radius 1 is 1.35 bits per heavy atom. The Balaban J connectivity index is 1.53. The van der Waals surface area contributed by atoms with Crippen LogP contribution < -0.4 is 10.2 Å². The Bertz CT molecular complexity index is 421. The van der Waals surface area contributed by atoms with Crippen molar-refractivity contribution in [3.63, 3.8) is 0 Å². The van der Waals surface area contributed by atoms with Gasteiger partial charge in [0.2, 0.25) is 0 Å². The topological polar surface area (TPSA) is 31.4 Å². The predicted molar refractivity (Wildman–Crippen MR) is 85.5 cm³/mol. The molecule has 112 valence electrons. The third-order valence-corrected chi connectivity index (χ3v) is 5.83. The maximum Gasteiger partial charge on any atom is 0.185 e. The standard InChI is InChI=1S/C15H26N4S/c1-3-19(4-2)15-17-10-13(20-15)9-16-14-11-18-7-5-12(14)6-8-18/h10,12,14,16H,3-9,11H2,1-2H3. The van der Waals surface area contributed by atoms with Crippen LogP contribution in [0.2, 0.25) is 0 Å². The number of anilines is 1. The van der Waals surface area contributed by atoms with Crippen LogP contribution in [0.5, 0.6) is 0 Å². The minimum absolute atomic E-state index is 0.691. The van der Waals surface area contributed by atoms with Crippen molar-refractivity contribution < 1.29 is 0 Å². The van der Waals surface area contributed by atoms with Gasteiger partial charge < -0.3 is 15.1 Å². The molecule has 0 saturated carbocycles. The van der Waals surface area contributed by atoms with Gasteiger partial charge in [-0.3, -0.25) is 0 Å². The Kier molecular flexibility index (Phi) is 4.58. The fourth-order valence-corrected chi connectivity index (χ4v) is 4.44. The van der Waals surface area contributed by atoms with Gasteiger partial charge >= 0.3 is 0 Å². The van der Waals surface area contributed by atoms with Gasteiger partial charge in [0.05, 0.1) is 0 Å². The molecular weight excluding hydrogens is 268 g/mol. The average molecular weight is 294 g/mol. The van der Waals surface area contributed by atoms with Crippen LogP contribution in [0.4, 0.5) is 5.13 Å². The number of piperidine rings is 3. The number of thiazole rings is 1. The monoisotopic (exact) mass is 294 g/mol. The van der Waals surface area contributed by atoms with Gasteiger partial charge in [-0.25, -0.2) is 4.98 Å². The van der Waals surface area contributed by atoms with E-state index in [9.17, 15) is 0 Å². The molecule has 1 N–H and O–H groups in total. The molecule has 3 fully saturated rings. The van der Waals surface area contributed by atoms with Crippen molar-refractivity contribution in [2.24, 2.45) is 5.92 Å². The summed E-state index contributed by atoms with van der Waals surface area (Å²) in [4.78, 5) is 10.9. The molecule has 3 saturated heterocycles. The van der Waals surface area contributed by atoms with Crippen molar-refractivity contribution in [2.75, 3.05) is 37.6 Å². The molecule has 1 atom stereocenters. The van der Waals surface area contributed by atoms with E-state index in [-0.39, 0.29) is 0 Å². The van der Waals surface area contributed by atoms with E-state index in [0.29, 0.717) is 6.04 Å². The summed E-state index contributed by atoms with van der Waals surface area (Å²) >= 11 is 1.84. The van der Waals surface area contributed by atoms with Crippen molar-refractivity contribution >= 4 is 16.5 Å². The largest absolute Gasteiger partial charge is 0.349 e. The van der Waals surface area contributed by atoms with E-state index in [1.54, 1.807) is 0 Å². The summed E-state index contributed by atoms with van der Waals surface area (Å²) < 4.78 is 0. The van der Waals surface area contributed by atoms with E-state index < -0.39 is 0 Å². The molecule has 3 aliphatic heterocycles. The first-order chi connectivity index (χ1) is 9.80. The van der Waals surface area contributed by atoms with E-state index in [1.165, 1.54) is 42.5 Å². The SMILES string of the molecule is CCN(CC)c1ncc(CNC2CN3CCC2CC3)s1. The summed E-state index contributed by atoms with van der Waals surface area (Å²) in [6, 6.07) is 0.691. The number of fused-ring (bicyclic) bond motifs is 3. The molecule has 0 amide bonds. The van der Waals surface area contributed by atoms with Gasteiger partial charge in [-0.15, -0.1) is 11.3 Å². The zero-order valence-electron chi connectivity index (χ0n) is 12.6. The second-order valence-corrected chi connectivity index (χ2v) is 7.00. The predicted octanol–water partition coefficient (Wildman–Crippen LogP) is 2.17. The average Bonchev–Trinajstić information content (AvgIpc) is 2.96. The molecule has 0 aromatic carbocycles. The van der Waals surface area contributed by atoms with Gasteiger partial charge in [0.1, 0.15) is 0 Å². The molecular formula is C15H26N4S. The van der Waals surface area contributed by atoms with Crippen LogP contribution in [0.1, 0.15) is 31.6 Å². The number of hydrogen-bond acceptors (Lipinski definition) is 5. The first-order valence-electron chi connectivity index (χ1n) is 7.95. The first kappa shape index (κ1) is 14.3. The normalized spacial score (nSPS) is 28.8. The number of nitrogens with zero attached hydrogens (tertiary/aromatic N) is 3. The van der Waals surface area contributed by atoms with Gasteiger partial charge in [-0.2, -0.15) is 0 Å². The van der Waals surface area contributed by atoms with Crippen LogP contribution in [0.3, 0.4) is 0 Å². The third kappa shape index (κ3) is 3.00. The molecule has 5 heteroatoms. The third-order valence-electron chi connectivity index (χ3n) is 4.77. The molecule has 4 nitrogen and oxygen atoms in total. The molecule has 4 heterocycles. The minimum atomic E-state index is 0.691. The quantitative estimate of drug-likeness (QED) is 0.871. The Hall–Kier alpha value is -0.650. The van der Waals surface area contributed by atoms with Crippen molar-refractivity contribution in [1.29, 1.82) is 0 Å². The van der Waals surface area contributed by atoms with E-state index in [0.717, 1.165) is 25.6 Å². The Morgan fingerprint density at radius 2 is 2.10 bits per heavy atom. The Morgan fingerprint density at radius 3 is 2.70 bits per heavy atom. The van der Waals surface area contributed by atoms with Crippen molar-refractivity contribution in [3.05, 3.63) is 11.1 Å². The lowest BCUT2D eigenvalue weighted by molar-refractivity contribution is 0.0721. The molecule has 0 radical (unpaired) electrons. The van der Waals surface area contributed by atoms with Crippen molar-refractivity contribution in [1.82, 2.24) is 15.2 Å². The number of rotatable bonds is 6. The molecule has 1 aromatic heterocycles. The second-order valence-electron chi connectivity index (χ2n) is 5.91. The molecule has 2 bridgehead atoms. The lowest BCUT2D eigenvalue weighted by Gasteiger charge is -2.45. The molecule has 4 rings (SSSR count). The zero-order valence-corrected chi connectivity index (χ0v) is 13.5. The number of aromatic nitrogens is 1. The zero-order chi connectivity index (χ0) is 13.9. The van der Waals surface area contributed by atoms with E-state index >= 15 is 0 Å². The fraction of sp³-hybridized carbons (Fsp3) is 0.800. The molecule has 3 aliphatic rings. The van der Waals surface area contributed by atoms with Crippen LogP contribution in [0.25, 0.3) is 0 Å². The highest BCUT2D eigenvalue weighted by atomic mass is 32.1. The number of hydrogen-bond donors (Lipinski definition) is 1. The number of nitrogens with one attached hydrogen (secondary N) is 1. The highest BCUT2D eigenvalue weighted by molar-refractivity contribution is 7.15. The van der Waals surface area contributed by atoms with E-state index in [4.69, 9.17) is 0 Å². The maximum absolute atomic E-state index is 4.56. The van der Waals surface area contributed by atoms with Gasteiger partial charge in [-0.1, -0.05) is 0 Å². The van der Waals surface area contributed by atoms with Crippen LogP contribution in [0.15, 0.2) is 6.20 Å². The molecule has 0 spiro atoms. The van der Waals surface area contributed by atoms with Gasteiger partial charge in [0.15, 0.2) is 5.13 Å². The first-order valence-corrected chi connectivity index (χ1v) is 8.77. The summed E-state index contributed by atoms with van der Waals surface area (Å²) in [7, 11) is 0. The summed E-state index contributed by atoms with van der Waals surface area (Å²) in [5, 5.41) is 4.94. The van der Waals surface area contributed by atoms with Crippen molar-refractivity contribution in [2.45, 2.75) is 39.3 Å². The molecule has 0 aliphatic carbocycles. The molecule has 1 unspecified atom stereocenters. The van der Waals surface area contributed by atoms with Crippen molar-refractivity contribution in [3.8, 4) is 0 Å². The summed E-state index contributed by atoms with van der Waals surface area (Å²) in [6.07, 6.45) is 4.81. The van der Waals surface area contributed by atoms with Gasteiger partial charge in [0.25, 0.3) is 0 Å². The fourth-order valence-electron chi connectivity index (χ4n) is 3.45. The van der Waals surface area contributed by atoms with Crippen LogP contribution in [0, 0.1) is 5.92 Å². The highest BCUT2D eigenvalue weighted by Crippen LogP contribution is 2.28. The van der Waals surface area contributed by atoms with E-state index in [1.807, 2.05) is 17.5 Å². The van der Waals surface area contributed by atoms with Crippen LogP contribution in [-0.2, 0) is 6.54 Å². The minimum Gasteiger partial charge on any atom is -0.349 e. The lowest BCUT2D eigenvalue weighted by Crippen LogP contribution is -2.55. The highest BCUT2D eigenvalue weighted by Gasteiger charge is 2.33. The summed E-state index contributed by atoms with van der Waals surface area (Å²) in [5.74, 6) is 0.898. The maximum atomic E-state index is 4.56.